The quantitative estimate of drug-likeness (QED) is 0.796. The van der Waals surface area contributed by atoms with Gasteiger partial charge in [0.25, 0.3) is 0 Å². The van der Waals surface area contributed by atoms with Crippen LogP contribution in [0.4, 0.5) is 17.6 Å². The summed E-state index contributed by atoms with van der Waals surface area (Å²) in [5.74, 6) is -0.881. The van der Waals surface area contributed by atoms with Crippen LogP contribution < -0.4 is 0 Å². The van der Waals surface area contributed by atoms with E-state index in [0.717, 1.165) is 18.6 Å². The van der Waals surface area contributed by atoms with E-state index in [1.165, 1.54) is 0 Å². The van der Waals surface area contributed by atoms with Crippen LogP contribution in [0, 0.1) is 5.82 Å². The molecule has 1 aliphatic carbocycles. The molecule has 1 aromatic rings. The number of alkyl halides is 3. The highest BCUT2D eigenvalue weighted by molar-refractivity contribution is 5.34. The van der Waals surface area contributed by atoms with E-state index in [-0.39, 0.29) is 12.2 Å². The molecule has 1 aliphatic rings. The maximum Gasteiger partial charge on any atom is 0.416 e. The van der Waals surface area contributed by atoms with Gasteiger partial charge in [-0.3, -0.25) is 0 Å². The second kappa shape index (κ2) is 3.98. The standard InChI is InChI=1S/C12H12F4O/c13-10-6-8(12(14,15)16)2-3-9(10)11(7-17)4-1-5-11/h2-3,6,17H,1,4-5,7H2. The monoisotopic (exact) mass is 248 g/mol. The molecule has 1 fully saturated rings. The van der Waals surface area contributed by atoms with Gasteiger partial charge >= 0.3 is 6.18 Å². The SMILES string of the molecule is OCC1(c2ccc(C(F)(F)F)cc2F)CCC1. The molecule has 0 aliphatic heterocycles. The fraction of sp³-hybridized carbons (Fsp3) is 0.500. The van der Waals surface area contributed by atoms with Crippen molar-refractivity contribution in [3.63, 3.8) is 0 Å². The highest BCUT2D eigenvalue weighted by Crippen LogP contribution is 2.45. The molecule has 0 bridgehead atoms. The van der Waals surface area contributed by atoms with Crippen molar-refractivity contribution < 1.29 is 22.7 Å². The van der Waals surface area contributed by atoms with E-state index in [0.29, 0.717) is 18.9 Å². The first-order chi connectivity index (χ1) is 7.89. The molecule has 0 unspecified atom stereocenters. The average molecular weight is 248 g/mol. The summed E-state index contributed by atoms with van der Waals surface area (Å²) in [6.45, 7) is -0.227. The van der Waals surface area contributed by atoms with Crippen molar-refractivity contribution in [2.75, 3.05) is 6.61 Å². The van der Waals surface area contributed by atoms with E-state index >= 15 is 0 Å². The number of aliphatic hydroxyl groups excluding tert-OH is 1. The number of benzene rings is 1. The molecule has 5 heteroatoms. The van der Waals surface area contributed by atoms with Gasteiger partial charge in [0.2, 0.25) is 0 Å². The predicted octanol–water partition coefficient (Wildman–Crippen LogP) is 3.26. The molecule has 0 heterocycles. The maximum atomic E-state index is 13.7. The Bertz CT molecular complexity index is 415. The lowest BCUT2D eigenvalue weighted by atomic mass is 9.65. The van der Waals surface area contributed by atoms with Crippen molar-refractivity contribution in [3.8, 4) is 0 Å². The van der Waals surface area contributed by atoms with Crippen LogP contribution in [0.2, 0.25) is 0 Å². The molecule has 1 nitrogen and oxygen atoms in total. The molecule has 0 spiro atoms. The number of rotatable bonds is 2. The largest absolute Gasteiger partial charge is 0.416 e. The Morgan fingerprint density at radius 2 is 1.88 bits per heavy atom. The lowest BCUT2D eigenvalue weighted by Crippen LogP contribution is -2.38. The van der Waals surface area contributed by atoms with E-state index in [1.54, 1.807) is 0 Å². The first-order valence-corrected chi connectivity index (χ1v) is 5.37. The summed E-state index contributed by atoms with van der Waals surface area (Å²) >= 11 is 0. The fourth-order valence-electron chi connectivity index (χ4n) is 2.24. The van der Waals surface area contributed by atoms with Crippen LogP contribution in [0.15, 0.2) is 18.2 Å². The zero-order valence-corrected chi connectivity index (χ0v) is 9.02. The van der Waals surface area contributed by atoms with Crippen LogP contribution in [0.1, 0.15) is 30.4 Å². The molecule has 0 radical (unpaired) electrons. The highest BCUT2D eigenvalue weighted by atomic mass is 19.4. The number of hydrogen-bond acceptors (Lipinski definition) is 1. The molecule has 0 atom stereocenters. The third-order valence-electron chi connectivity index (χ3n) is 3.48. The Kier molecular flexibility index (Phi) is 2.89. The van der Waals surface area contributed by atoms with E-state index in [9.17, 15) is 22.7 Å². The first kappa shape index (κ1) is 12.4. The van der Waals surface area contributed by atoms with Gasteiger partial charge in [-0.05, 0) is 30.5 Å². The predicted molar refractivity (Wildman–Crippen MR) is 54.0 cm³/mol. The molecule has 0 aromatic heterocycles. The lowest BCUT2D eigenvalue weighted by molar-refractivity contribution is -0.137. The molecule has 94 valence electrons. The summed E-state index contributed by atoms with van der Waals surface area (Å²) < 4.78 is 50.7. The topological polar surface area (TPSA) is 20.2 Å². The summed E-state index contributed by atoms with van der Waals surface area (Å²) in [7, 11) is 0. The van der Waals surface area contributed by atoms with Crippen molar-refractivity contribution in [2.24, 2.45) is 0 Å². The number of hydrogen-bond donors (Lipinski definition) is 1. The smallest absolute Gasteiger partial charge is 0.395 e. The third kappa shape index (κ3) is 2.04. The Morgan fingerprint density at radius 3 is 2.24 bits per heavy atom. The zero-order valence-electron chi connectivity index (χ0n) is 9.02. The lowest BCUT2D eigenvalue weighted by Gasteiger charge is -2.41. The van der Waals surface area contributed by atoms with Gasteiger partial charge in [0.15, 0.2) is 0 Å². The van der Waals surface area contributed by atoms with Gasteiger partial charge in [-0.1, -0.05) is 12.5 Å². The van der Waals surface area contributed by atoms with Gasteiger partial charge < -0.3 is 5.11 Å². The molecule has 1 N–H and O–H groups in total. The van der Waals surface area contributed by atoms with Gasteiger partial charge in [0.1, 0.15) is 5.82 Å². The van der Waals surface area contributed by atoms with Crippen molar-refractivity contribution in [2.45, 2.75) is 30.9 Å². The fourth-order valence-corrected chi connectivity index (χ4v) is 2.24. The molecule has 17 heavy (non-hydrogen) atoms. The Hall–Kier alpha value is -1.10. The molecular formula is C12H12F4O. The first-order valence-electron chi connectivity index (χ1n) is 5.37. The van der Waals surface area contributed by atoms with Crippen LogP contribution in [-0.2, 0) is 11.6 Å². The van der Waals surface area contributed by atoms with E-state index in [2.05, 4.69) is 0 Å². The summed E-state index contributed by atoms with van der Waals surface area (Å²) in [5.41, 5.74) is -1.47. The molecule has 0 saturated heterocycles. The van der Waals surface area contributed by atoms with Gasteiger partial charge in [-0.2, -0.15) is 13.2 Å². The summed E-state index contributed by atoms with van der Waals surface area (Å²) in [6, 6.07) is 2.52. The summed E-state index contributed by atoms with van der Waals surface area (Å²) in [5, 5.41) is 9.25. The third-order valence-corrected chi connectivity index (χ3v) is 3.48. The summed E-state index contributed by atoms with van der Waals surface area (Å²) in [4.78, 5) is 0. The van der Waals surface area contributed by atoms with Gasteiger partial charge in [-0.25, -0.2) is 4.39 Å². The molecule has 1 aromatic carbocycles. The van der Waals surface area contributed by atoms with E-state index in [1.807, 2.05) is 0 Å². The number of aliphatic hydroxyl groups is 1. The van der Waals surface area contributed by atoms with Crippen molar-refractivity contribution in [3.05, 3.63) is 35.1 Å². The maximum absolute atomic E-state index is 13.7. The minimum absolute atomic E-state index is 0.194. The minimum atomic E-state index is -4.54. The summed E-state index contributed by atoms with van der Waals surface area (Å²) in [6.07, 6.45) is -2.44. The molecule has 1 saturated carbocycles. The second-order valence-electron chi connectivity index (χ2n) is 4.48. The zero-order chi connectivity index (χ0) is 12.7. The Labute approximate surface area is 96.1 Å². The van der Waals surface area contributed by atoms with Crippen LogP contribution in [-0.4, -0.2) is 11.7 Å². The molecular weight excluding hydrogens is 236 g/mol. The molecule has 2 rings (SSSR count). The minimum Gasteiger partial charge on any atom is -0.395 e. The Morgan fingerprint density at radius 1 is 1.24 bits per heavy atom. The van der Waals surface area contributed by atoms with Crippen LogP contribution >= 0.6 is 0 Å². The van der Waals surface area contributed by atoms with E-state index in [4.69, 9.17) is 0 Å². The second-order valence-corrected chi connectivity index (χ2v) is 4.48. The Balaban J connectivity index is 2.38. The van der Waals surface area contributed by atoms with Crippen LogP contribution in [0.5, 0.6) is 0 Å². The van der Waals surface area contributed by atoms with Crippen molar-refractivity contribution >= 4 is 0 Å². The average Bonchev–Trinajstić information content (AvgIpc) is 2.17. The van der Waals surface area contributed by atoms with Gasteiger partial charge in [-0.15, -0.1) is 0 Å². The van der Waals surface area contributed by atoms with Crippen LogP contribution in [0.3, 0.4) is 0 Å². The normalized spacial score (nSPS) is 18.9. The number of halogens is 4. The van der Waals surface area contributed by atoms with Gasteiger partial charge in [0, 0.05) is 5.41 Å². The molecule has 0 amide bonds. The van der Waals surface area contributed by atoms with E-state index < -0.39 is 23.0 Å². The van der Waals surface area contributed by atoms with Crippen LogP contribution in [0.25, 0.3) is 0 Å². The van der Waals surface area contributed by atoms with Crippen molar-refractivity contribution in [1.29, 1.82) is 0 Å². The van der Waals surface area contributed by atoms with Gasteiger partial charge in [0.05, 0.1) is 12.2 Å². The van der Waals surface area contributed by atoms with Crippen molar-refractivity contribution in [1.82, 2.24) is 0 Å². The highest BCUT2D eigenvalue weighted by Gasteiger charge is 2.41.